The minimum Gasteiger partial charge on any atom is -0.277 e. The zero-order chi connectivity index (χ0) is 35.6. The Bertz CT molecular complexity index is 3020. The summed E-state index contributed by atoms with van der Waals surface area (Å²) in [6.45, 7) is 0. The second-order valence-electron chi connectivity index (χ2n) is 14.1. The van der Waals surface area contributed by atoms with Gasteiger partial charge in [0.05, 0.1) is 22.4 Å². The molecule has 2 aromatic heterocycles. The van der Waals surface area contributed by atoms with E-state index in [0.29, 0.717) is 5.95 Å². The van der Waals surface area contributed by atoms with E-state index >= 15 is 0 Å². The molecule has 1 unspecified atom stereocenters. The van der Waals surface area contributed by atoms with Crippen LogP contribution in [-0.2, 0) is 0 Å². The van der Waals surface area contributed by atoms with E-state index in [1.807, 2.05) is 0 Å². The van der Waals surface area contributed by atoms with Gasteiger partial charge in [0.2, 0.25) is 5.95 Å². The Morgan fingerprint density at radius 1 is 0.426 bits per heavy atom. The van der Waals surface area contributed by atoms with Gasteiger partial charge in [-0.05, 0) is 56.3 Å². The molecule has 0 amide bonds. The van der Waals surface area contributed by atoms with Crippen molar-refractivity contribution in [1.29, 1.82) is 0 Å². The molecule has 11 rings (SSSR count). The van der Waals surface area contributed by atoms with Crippen molar-refractivity contribution in [2.24, 2.45) is 0 Å². The number of fused-ring (bicyclic) bond motifs is 9. The van der Waals surface area contributed by atoms with Crippen molar-refractivity contribution in [2.75, 3.05) is 0 Å². The summed E-state index contributed by atoms with van der Waals surface area (Å²) >= 11 is 0. The lowest BCUT2D eigenvalue weighted by Crippen LogP contribution is -2.05. The lowest BCUT2D eigenvalue weighted by Gasteiger charge is -2.15. The third-order valence-corrected chi connectivity index (χ3v) is 11.1. The first-order chi connectivity index (χ1) is 26.8. The topological polar surface area (TPSA) is 30.7 Å². The molecule has 3 heteroatoms. The molecule has 0 aliphatic heterocycles. The van der Waals surface area contributed by atoms with Gasteiger partial charge >= 0.3 is 0 Å². The standard InChI is InChI=1S/C51H33N3/c1-4-14-33(15-5-1)34-24-26-37(27-25-34)45-32-44(36-17-6-2-7-18-36)52-51(53-45)54-46-31-28-35-16-10-11-21-39(35)48(46)43-30-29-42-47(38-19-8-3-9-20-38)40-22-12-13-23-41(40)49(42)50(43)54/h1-32,47H. The minimum atomic E-state index is 0.125. The molecule has 1 aliphatic rings. The van der Waals surface area contributed by atoms with Crippen LogP contribution in [0.25, 0.3) is 83.3 Å². The highest BCUT2D eigenvalue weighted by atomic mass is 15.2. The first-order valence-electron chi connectivity index (χ1n) is 18.5. The van der Waals surface area contributed by atoms with Crippen LogP contribution in [0.2, 0.25) is 0 Å². The van der Waals surface area contributed by atoms with Crippen LogP contribution in [0, 0.1) is 0 Å². The molecule has 0 bridgehead atoms. The van der Waals surface area contributed by atoms with Crippen LogP contribution in [-0.4, -0.2) is 14.5 Å². The van der Waals surface area contributed by atoms with Crippen molar-refractivity contribution >= 4 is 32.6 Å². The minimum absolute atomic E-state index is 0.125. The van der Waals surface area contributed by atoms with E-state index < -0.39 is 0 Å². The van der Waals surface area contributed by atoms with Crippen LogP contribution in [0.3, 0.4) is 0 Å². The predicted octanol–water partition coefficient (Wildman–Crippen LogP) is 12.9. The maximum absolute atomic E-state index is 5.46. The van der Waals surface area contributed by atoms with Gasteiger partial charge in [-0.3, -0.25) is 4.57 Å². The summed E-state index contributed by atoms with van der Waals surface area (Å²) in [5.41, 5.74) is 14.9. The summed E-state index contributed by atoms with van der Waals surface area (Å²) < 4.78 is 2.34. The summed E-state index contributed by atoms with van der Waals surface area (Å²) in [6.07, 6.45) is 0. The second-order valence-corrected chi connectivity index (χ2v) is 14.1. The van der Waals surface area contributed by atoms with Crippen LogP contribution < -0.4 is 0 Å². The van der Waals surface area contributed by atoms with E-state index in [1.165, 1.54) is 60.5 Å². The van der Waals surface area contributed by atoms with Crippen molar-refractivity contribution in [3.05, 3.63) is 211 Å². The predicted molar refractivity (Wildman–Crippen MR) is 223 cm³/mol. The van der Waals surface area contributed by atoms with Crippen molar-refractivity contribution in [3.8, 4) is 50.7 Å². The SMILES string of the molecule is c1ccc(-c2ccc(-c3cc(-c4ccccc4)nc(-n4c5ccc6ccccc6c5c5ccc6c(c54)-c4ccccc4C6c4ccccc4)n3)cc2)cc1. The Morgan fingerprint density at radius 2 is 1.02 bits per heavy atom. The summed E-state index contributed by atoms with van der Waals surface area (Å²) in [5, 5.41) is 4.85. The van der Waals surface area contributed by atoms with Gasteiger partial charge in [0, 0.05) is 33.4 Å². The van der Waals surface area contributed by atoms with Crippen molar-refractivity contribution in [2.45, 2.75) is 5.92 Å². The van der Waals surface area contributed by atoms with E-state index in [1.54, 1.807) is 0 Å². The van der Waals surface area contributed by atoms with Gasteiger partial charge in [-0.1, -0.05) is 182 Å². The van der Waals surface area contributed by atoms with Crippen molar-refractivity contribution < 1.29 is 0 Å². The molecule has 1 aliphatic carbocycles. The van der Waals surface area contributed by atoms with Crippen molar-refractivity contribution in [3.63, 3.8) is 0 Å². The third kappa shape index (κ3) is 4.76. The average Bonchev–Trinajstić information content (AvgIpc) is 3.78. The lowest BCUT2D eigenvalue weighted by molar-refractivity contribution is 0.992. The van der Waals surface area contributed by atoms with E-state index in [-0.39, 0.29) is 5.92 Å². The normalized spacial score (nSPS) is 13.4. The molecule has 0 saturated carbocycles. The van der Waals surface area contributed by atoms with Gasteiger partial charge in [-0.2, -0.15) is 0 Å². The van der Waals surface area contributed by atoms with Gasteiger partial charge < -0.3 is 0 Å². The quantitative estimate of drug-likeness (QED) is 0.180. The molecule has 0 N–H and O–H groups in total. The second kappa shape index (κ2) is 12.3. The maximum Gasteiger partial charge on any atom is 0.235 e. The van der Waals surface area contributed by atoms with Gasteiger partial charge in [-0.25, -0.2) is 9.97 Å². The highest BCUT2D eigenvalue weighted by molar-refractivity contribution is 6.24. The number of aromatic nitrogens is 3. The zero-order valence-corrected chi connectivity index (χ0v) is 29.4. The highest BCUT2D eigenvalue weighted by Crippen LogP contribution is 2.53. The van der Waals surface area contributed by atoms with E-state index in [2.05, 4.69) is 199 Å². The van der Waals surface area contributed by atoms with Gasteiger partial charge in [0.25, 0.3) is 0 Å². The Labute approximate surface area is 313 Å². The fourth-order valence-corrected chi connectivity index (χ4v) is 8.67. The van der Waals surface area contributed by atoms with Crippen LogP contribution >= 0.6 is 0 Å². The molecule has 252 valence electrons. The zero-order valence-electron chi connectivity index (χ0n) is 29.4. The van der Waals surface area contributed by atoms with E-state index in [0.717, 1.165) is 33.5 Å². The van der Waals surface area contributed by atoms with Gasteiger partial charge in [0.15, 0.2) is 0 Å². The van der Waals surface area contributed by atoms with Crippen molar-refractivity contribution in [1.82, 2.24) is 14.5 Å². The molecule has 3 nitrogen and oxygen atoms in total. The number of rotatable bonds is 5. The van der Waals surface area contributed by atoms with Crippen LogP contribution in [0.15, 0.2) is 194 Å². The smallest absolute Gasteiger partial charge is 0.235 e. The summed E-state index contributed by atoms with van der Waals surface area (Å²) in [6, 6.07) is 69.6. The summed E-state index contributed by atoms with van der Waals surface area (Å²) in [7, 11) is 0. The van der Waals surface area contributed by atoms with Crippen LogP contribution in [0.4, 0.5) is 0 Å². The summed E-state index contributed by atoms with van der Waals surface area (Å²) in [5.74, 6) is 0.781. The average molecular weight is 688 g/mol. The monoisotopic (exact) mass is 687 g/mol. The number of nitrogens with zero attached hydrogens (tertiary/aromatic N) is 3. The van der Waals surface area contributed by atoms with Crippen LogP contribution in [0.5, 0.6) is 0 Å². The van der Waals surface area contributed by atoms with Crippen LogP contribution in [0.1, 0.15) is 22.6 Å². The van der Waals surface area contributed by atoms with E-state index in [9.17, 15) is 0 Å². The Balaban J connectivity index is 1.23. The van der Waals surface area contributed by atoms with E-state index in [4.69, 9.17) is 9.97 Å². The highest BCUT2D eigenvalue weighted by Gasteiger charge is 2.33. The fourth-order valence-electron chi connectivity index (χ4n) is 8.67. The molecule has 8 aromatic carbocycles. The molecule has 1 atom stereocenters. The molecule has 0 radical (unpaired) electrons. The third-order valence-electron chi connectivity index (χ3n) is 11.1. The molecule has 10 aromatic rings. The Hall–Kier alpha value is -7.10. The molecular formula is C51H33N3. The number of benzene rings is 8. The number of hydrogen-bond donors (Lipinski definition) is 0. The lowest BCUT2D eigenvalue weighted by atomic mass is 9.89. The largest absolute Gasteiger partial charge is 0.277 e. The molecule has 2 heterocycles. The molecule has 0 saturated heterocycles. The van der Waals surface area contributed by atoms with Gasteiger partial charge in [0.1, 0.15) is 0 Å². The first kappa shape index (κ1) is 30.5. The Kier molecular flexibility index (Phi) is 6.93. The summed E-state index contributed by atoms with van der Waals surface area (Å²) in [4.78, 5) is 10.9. The molecule has 54 heavy (non-hydrogen) atoms. The maximum atomic E-state index is 5.46. The first-order valence-corrected chi connectivity index (χ1v) is 18.5. The molecular weight excluding hydrogens is 655 g/mol. The number of hydrogen-bond acceptors (Lipinski definition) is 2. The Morgan fingerprint density at radius 3 is 1.78 bits per heavy atom. The molecule has 0 fully saturated rings. The van der Waals surface area contributed by atoms with Gasteiger partial charge in [-0.15, -0.1) is 0 Å². The molecule has 0 spiro atoms. The fraction of sp³-hybridized carbons (Fsp3) is 0.0196.